The predicted molar refractivity (Wildman–Crippen MR) is 44.5 cm³/mol. The molecular formula is C8H11ClO2. The fourth-order valence-corrected chi connectivity index (χ4v) is 0.685. The van der Waals surface area contributed by atoms with Gasteiger partial charge in [0.05, 0.1) is 0 Å². The molecule has 0 aromatic rings. The van der Waals surface area contributed by atoms with Crippen LogP contribution in [0.25, 0.3) is 0 Å². The SMILES string of the molecule is CC(C)=CCCC(=O)C(=O)Cl. The van der Waals surface area contributed by atoms with Crippen molar-refractivity contribution >= 4 is 22.6 Å². The number of hydrogen-bond acceptors (Lipinski definition) is 2. The number of allylic oxidation sites excluding steroid dienone is 2. The van der Waals surface area contributed by atoms with Crippen LogP contribution in [0.1, 0.15) is 26.7 Å². The van der Waals surface area contributed by atoms with Crippen LogP contribution >= 0.6 is 11.6 Å². The molecule has 3 heteroatoms. The zero-order chi connectivity index (χ0) is 8.85. The Hall–Kier alpha value is -0.630. The van der Waals surface area contributed by atoms with Gasteiger partial charge >= 0.3 is 0 Å². The van der Waals surface area contributed by atoms with E-state index in [1.807, 2.05) is 19.9 Å². The van der Waals surface area contributed by atoms with Gasteiger partial charge in [0.2, 0.25) is 5.78 Å². The van der Waals surface area contributed by atoms with Gasteiger partial charge in [-0.25, -0.2) is 0 Å². The summed E-state index contributed by atoms with van der Waals surface area (Å²) >= 11 is 4.93. The molecule has 0 unspecified atom stereocenters. The molecule has 0 radical (unpaired) electrons. The van der Waals surface area contributed by atoms with E-state index in [4.69, 9.17) is 11.6 Å². The number of Topliss-reactive ketones (excluding diaryl/α,β-unsaturated/α-hetero) is 1. The number of carbonyl (C=O) groups is 2. The third-order valence-electron chi connectivity index (χ3n) is 1.14. The monoisotopic (exact) mass is 174 g/mol. The standard InChI is InChI=1S/C8H11ClO2/c1-6(2)4-3-5-7(10)8(9)11/h4H,3,5H2,1-2H3. The van der Waals surface area contributed by atoms with E-state index < -0.39 is 11.0 Å². The van der Waals surface area contributed by atoms with Gasteiger partial charge in [0.15, 0.2) is 0 Å². The Morgan fingerprint density at radius 3 is 2.27 bits per heavy atom. The maximum absolute atomic E-state index is 10.6. The van der Waals surface area contributed by atoms with Crippen LogP contribution in [0, 0.1) is 0 Å². The highest BCUT2D eigenvalue weighted by atomic mass is 35.5. The second kappa shape index (κ2) is 5.08. The molecule has 0 N–H and O–H groups in total. The zero-order valence-electron chi connectivity index (χ0n) is 6.69. The Labute approximate surface area is 71.2 Å². The van der Waals surface area contributed by atoms with Crippen LogP contribution in [0.15, 0.2) is 11.6 Å². The van der Waals surface area contributed by atoms with Crippen molar-refractivity contribution in [1.82, 2.24) is 0 Å². The van der Waals surface area contributed by atoms with Gasteiger partial charge in [-0.2, -0.15) is 0 Å². The fraction of sp³-hybridized carbons (Fsp3) is 0.500. The van der Waals surface area contributed by atoms with Crippen LogP contribution in [0.2, 0.25) is 0 Å². The van der Waals surface area contributed by atoms with Crippen molar-refractivity contribution in [1.29, 1.82) is 0 Å². The number of rotatable bonds is 4. The molecule has 0 atom stereocenters. The lowest BCUT2D eigenvalue weighted by atomic mass is 10.2. The van der Waals surface area contributed by atoms with Crippen LogP contribution in [0.3, 0.4) is 0 Å². The quantitative estimate of drug-likeness (QED) is 0.372. The molecule has 0 heterocycles. The third kappa shape index (κ3) is 5.80. The van der Waals surface area contributed by atoms with Crippen molar-refractivity contribution in [3.63, 3.8) is 0 Å². The summed E-state index contributed by atoms with van der Waals surface area (Å²) in [5.74, 6) is -0.510. The van der Waals surface area contributed by atoms with Gasteiger partial charge in [-0.05, 0) is 31.9 Å². The Kier molecular flexibility index (Phi) is 4.79. The maximum atomic E-state index is 10.6. The first-order chi connectivity index (χ1) is 5.04. The molecule has 0 spiro atoms. The van der Waals surface area contributed by atoms with Crippen molar-refractivity contribution in [2.24, 2.45) is 0 Å². The minimum absolute atomic E-state index is 0.216. The van der Waals surface area contributed by atoms with Crippen LogP contribution in [-0.4, -0.2) is 11.0 Å². The summed E-state index contributed by atoms with van der Waals surface area (Å²) < 4.78 is 0. The van der Waals surface area contributed by atoms with Gasteiger partial charge in [-0.15, -0.1) is 0 Å². The molecule has 0 fully saturated rings. The molecule has 0 saturated heterocycles. The maximum Gasteiger partial charge on any atom is 0.288 e. The highest BCUT2D eigenvalue weighted by molar-refractivity contribution is 6.81. The lowest BCUT2D eigenvalue weighted by Gasteiger charge is -1.90. The van der Waals surface area contributed by atoms with E-state index in [0.717, 1.165) is 5.57 Å². The summed E-state index contributed by atoms with van der Waals surface area (Å²) in [6, 6.07) is 0. The first-order valence-electron chi connectivity index (χ1n) is 3.40. The lowest BCUT2D eigenvalue weighted by Crippen LogP contribution is -2.05. The third-order valence-corrected chi connectivity index (χ3v) is 1.35. The summed E-state index contributed by atoms with van der Waals surface area (Å²) in [4.78, 5) is 20.8. The molecule has 0 aliphatic carbocycles. The van der Waals surface area contributed by atoms with E-state index in [1.54, 1.807) is 0 Å². The molecule has 11 heavy (non-hydrogen) atoms. The lowest BCUT2D eigenvalue weighted by molar-refractivity contribution is -0.132. The molecule has 0 bridgehead atoms. The Bertz CT molecular complexity index is 190. The topological polar surface area (TPSA) is 34.1 Å². The first-order valence-corrected chi connectivity index (χ1v) is 3.78. The van der Waals surface area contributed by atoms with E-state index in [9.17, 15) is 9.59 Å². The van der Waals surface area contributed by atoms with E-state index in [-0.39, 0.29) is 6.42 Å². The van der Waals surface area contributed by atoms with Crippen LogP contribution in [-0.2, 0) is 9.59 Å². The second-order valence-corrected chi connectivity index (χ2v) is 2.86. The Morgan fingerprint density at radius 2 is 1.91 bits per heavy atom. The Morgan fingerprint density at radius 1 is 1.36 bits per heavy atom. The molecule has 0 aliphatic heterocycles. The average molecular weight is 175 g/mol. The van der Waals surface area contributed by atoms with Crippen molar-refractivity contribution in [2.75, 3.05) is 0 Å². The van der Waals surface area contributed by atoms with Gasteiger partial charge in [0.25, 0.3) is 5.24 Å². The fourth-order valence-electron chi connectivity index (χ4n) is 0.590. The number of ketones is 1. The summed E-state index contributed by atoms with van der Waals surface area (Å²) in [5.41, 5.74) is 1.14. The molecule has 2 nitrogen and oxygen atoms in total. The van der Waals surface area contributed by atoms with E-state index >= 15 is 0 Å². The summed E-state index contributed by atoms with van der Waals surface area (Å²) in [6.45, 7) is 3.87. The molecule has 62 valence electrons. The minimum Gasteiger partial charge on any atom is -0.289 e. The summed E-state index contributed by atoms with van der Waals surface area (Å²) in [6.07, 6.45) is 2.71. The smallest absolute Gasteiger partial charge is 0.288 e. The Balaban J connectivity index is 3.64. The van der Waals surface area contributed by atoms with E-state index in [2.05, 4.69) is 0 Å². The largest absolute Gasteiger partial charge is 0.289 e. The normalized spacial score (nSPS) is 9.00. The van der Waals surface area contributed by atoms with Gasteiger partial charge in [-0.1, -0.05) is 11.6 Å². The molecule has 0 amide bonds. The van der Waals surface area contributed by atoms with Crippen molar-refractivity contribution in [2.45, 2.75) is 26.7 Å². The van der Waals surface area contributed by atoms with Gasteiger partial charge < -0.3 is 0 Å². The molecule has 0 aromatic carbocycles. The van der Waals surface area contributed by atoms with E-state index in [0.29, 0.717) is 6.42 Å². The molecular weight excluding hydrogens is 164 g/mol. The highest BCUT2D eigenvalue weighted by Gasteiger charge is 2.07. The minimum atomic E-state index is -0.868. The second-order valence-electron chi connectivity index (χ2n) is 2.52. The number of hydrogen-bond donors (Lipinski definition) is 0. The zero-order valence-corrected chi connectivity index (χ0v) is 7.44. The molecule has 0 saturated carbocycles. The summed E-state index contributed by atoms with van der Waals surface area (Å²) in [7, 11) is 0. The molecule has 0 aromatic heterocycles. The average Bonchev–Trinajstić information content (AvgIpc) is 1.86. The summed E-state index contributed by atoms with van der Waals surface area (Å²) in [5, 5.41) is -0.868. The molecule has 0 aliphatic rings. The predicted octanol–water partition coefficient (Wildman–Crippen LogP) is 2.07. The van der Waals surface area contributed by atoms with Crippen molar-refractivity contribution < 1.29 is 9.59 Å². The molecule has 0 rings (SSSR count). The number of halogens is 1. The first kappa shape index (κ1) is 10.4. The van der Waals surface area contributed by atoms with Gasteiger partial charge in [0.1, 0.15) is 0 Å². The van der Waals surface area contributed by atoms with Crippen molar-refractivity contribution in [3.05, 3.63) is 11.6 Å². The van der Waals surface area contributed by atoms with Crippen molar-refractivity contribution in [3.8, 4) is 0 Å². The van der Waals surface area contributed by atoms with Crippen LogP contribution < -0.4 is 0 Å². The van der Waals surface area contributed by atoms with Gasteiger partial charge in [-0.3, -0.25) is 9.59 Å². The van der Waals surface area contributed by atoms with Crippen LogP contribution in [0.4, 0.5) is 0 Å². The van der Waals surface area contributed by atoms with Gasteiger partial charge in [0, 0.05) is 6.42 Å². The van der Waals surface area contributed by atoms with E-state index in [1.165, 1.54) is 0 Å². The number of carbonyl (C=O) groups excluding carboxylic acids is 2. The highest BCUT2D eigenvalue weighted by Crippen LogP contribution is 1.99. The van der Waals surface area contributed by atoms with Crippen LogP contribution in [0.5, 0.6) is 0 Å².